The van der Waals surface area contributed by atoms with Crippen LogP contribution in [0.5, 0.6) is 0 Å². The van der Waals surface area contributed by atoms with E-state index in [4.69, 9.17) is 0 Å². The van der Waals surface area contributed by atoms with Crippen LogP contribution < -0.4 is 10.6 Å². The van der Waals surface area contributed by atoms with Crippen LogP contribution in [-0.2, 0) is 12.8 Å². The molecule has 2 aromatic carbocycles. The maximum Gasteiger partial charge on any atom is 0.319 e. The molecule has 0 bridgehead atoms. The third-order valence-corrected chi connectivity index (χ3v) is 4.11. The molecule has 0 unspecified atom stereocenters. The number of urea groups is 1. The normalized spacial score (nSPS) is 19.5. The predicted molar refractivity (Wildman–Crippen MR) is 86.9 cm³/mol. The van der Waals surface area contributed by atoms with Gasteiger partial charge < -0.3 is 15.7 Å². The number of hydrogen-bond acceptors (Lipinski definition) is 2. The fourth-order valence-corrected chi connectivity index (χ4v) is 2.88. The molecule has 2 aromatic rings. The first kappa shape index (κ1) is 14.6. The van der Waals surface area contributed by atoms with Gasteiger partial charge in [-0.05, 0) is 35.2 Å². The number of nitrogens with one attached hydrogen (secondary N) is 2. The maximum atomic E-state index is 12.1. The molecule has 114 valence electrons. The molecule has 2 amide bonds. The van der Waals surface area contributed by atoms with Crippen LogP contribution in [0.4, 0.5) is 10.5 Å². The zero-order valence-corrected chi connectivity index (χ0v) is 12.5. The second-order valence-electron chi connectivity index (χ2n) is 5.60. The van der Waals surface area contributed by atoms with E-state index in [0.29, 0.717) is 6.42 Å². The molecule has 0 fully saturated rings. The van der Waals surface area contributed by atoms with Crippen LogP contribution in [0, 0.1) is 0 Å². The fourth-order valence-electron chi connectivity index (χ4n) is 2.88. The molecule has 0 spiro atoms. The molecule has 0 heterocycles. The smallest absolute Gasteiger partial charge is 0.319 e. The van der Waals surface area contributed by atoms with Gasteiger partial charge in [0.15, 0.2) is 0 Å². The number of aliphatic hydroxyl groups excluding tert-OH is 1. The molecule has 0 aliphatic heterocycles. The number of aliphatic hydroxyl groups is 1. The van der Waals surface area contributed by atoms with Crippen LogP contribution in [0.15, 0.2) is 48.5 Å². The molecular weight excluding hydrogens is 276 g/mol. The van der Waals surface area contributed by atoms with Crippen LogP contribution >= 0.6 is 0 Å². The number of hydrogen-bond donors (Lipinski definition) is 3. The molecule has 3 rings (SSSR count). The van der Waals surface area contributed by atoms with Crippen LogP contribution in [0.25, 0.3) is 0 Å². The molecule has 0 radical (unpaired) electrons. The van der Waals surface area contributed by atoms with Gasteiger partial charge in [0.2, 0.25) is 0 Å². The zero-order chi connectivity index (χ0) is 15.5. The largest absolute Gasteiger partial charge is 0.390 e. The number of aryl methyl sites for hydroxylation is 1. The summed E-state index contributed by atoms with van der Waals surface area (Å²) in [5.74, 6) is 0. The fraction of sp³-hybridized carbons (Fsp3) is 0.278. The highest BCUT2D eigenvalue weighted by atomic mass is 16.3. The summed E-state index contributed by atoms with van der Waals surface area (Å²) in [4.78, 5) is 12.1. The van der Waals surface area contributed by atoms with Crippen LogP contribution in [0.2, 0.25) is 0 Å². The van der Waals surface area contributed by atoms with Crippen molar-refractivity contribution in [3.05, 3.63) is 65.2 Å². The molecule has 0 saturated carbocycles. The van der Waals surface area contributed by atoms with Crippen molar-refractivity contribution in [1.82, 2.24) is 5.32 Å². The molecule has 1 aliphatic carbocycles. The van der Waals surface area contributed by atoms with E-state index in [1.54, 1.807) is 0 Å². The van der Waals surface area contributed by atoms with Crippen molar-refractivity contribution >= 4 is 11.7 Å². The topological polar surface area (TPSA) is 61.4 Å². The van der Waals surface area contributed by atoms with Gasteiger partial charge in [-0.1, -0.05) is 43.3 Å². The standard InChI is InChI=1S/C18H20N2O2/c1-2-12-7-9-14(10-8-12)19-18(22)20-17-15-6-4-3-5-13(15)11-16(17)21/h3-10,16-17,21H,2,11H2,1H3,(H2,19,20,22)/t16-,17+/m0/s1. The Morgan fingerprint density at radius 1 is 1.18 bits per heavy atom. The highest BCUT2D eigenvalue weighted by Crippen LogP contribution is 2.31. The molecule has 0 aromatic heterocycles. The Morgan fingerprint density at radius 3 is 2.64 bits per heavy atom. The molecular formula is C18H20N2O2. The third kappa shape index (κ3) is 2.97. The molecule has 4 nitrogen and oxygen atoms in total. The summed E-state index contributed by atoms with van der Waals surface area (Å²) >= 11 is 0. The Balaban J connectivity index is 1.66. The summed E-state index contributed by atoms with van der Waals surface area (Å²) in [7, 11) is 0. The van der Waals surface area contributed by atoms with Crippen molar-refractivity contribution in [1.29, 1.82) is 0 Å². The van der Waals surface area contributed by atoms with Gasteiger partial charge in [0.25, 0.3) is 0 Å². The van der Waals surface area contributed by atoms with E-state index in [0.717, 1.165) is 23.2 Å². The Morgan fingerprint density at radius 2 is 1.91 bits per heavy atom. The molecule has 22 heavy (non-hydrogen) atoms. The summed E-state index contributed by atoms with van der Waals surface area (Å²) in [6.45, 7) is 2.09. The second kappa shape index (κ2) is 6.20. The summed E-state index contributed by atoms with van der Waals surface area (Å²) in [5.41, 5.74) is 4.06. The maximum absolute atomic E-state index is 12.1. The Hall–Kier alpha value is -2.33. The van der Waals surface area contributed by atoms with Crippen molar-refractivity contribution < 1.29 is 9.90 Å². The van der Waals surface area contributed by atoms with Gasteiger partial charge in [-0.3, -0.25) is 0 Å². The van der Waals surface area contributed by atoms with Crippen molar-refractivity contribution in [2.75, 3.05) is 5.32 Å². The lowest BCUT2D eigenvalue weighted by atomic mass is 10.1. The molecule has 4 heteroatoms. The van der Waals surface area contributed by atoms with Crippen molar-refractivity contribution in [3.8, 4) is 0 Å². The monoisotopic (exact) mass is 296 g/mol. The Kier molecular flexibility index (Phi) is 4.11. The molecule has 3 N–H and O–H groups in total. The van der Waals surface area contributed by atoms with Gasteiger partial charge in [0.1, 0.15) is 0 Å². The SMILES string of the molecule is CCc1ccc(NC(=O)N[C@@H]2c3ccccc3C[C@@H]2O)cc1. The minimum Gasteiger partial charge on any atom is -0.390 e. The number of fused-ring (bicyclic) bond motifs is 1. The summed E-state index contributed by atoms with van der Waals surface area (Å²) < 4.78 is 0. The number of rotatable bonds is 3. The lowest BCUT2D eigenvalue weighted by molar-refractivity contribution is 0.144. The van der Waals surface area contributed by atoms with Crippen LogP contribution in [0.1, 0.15) is 29.7 Å². The van der Waals surface area contributed by atoms with Gasteiger partial charge in [-0.15, -0.1) is 0 Å². The van der Waals surface area contributed by atoms with Crippen molar-refractivity contribution in [3.63, 3.8) is 0 Å². The minimum absolute atomic E-state index is 0.301. The molecule has 1 aliphatic rings. The lowest BCUT2D eigenvalue weighted by Gasteiger charge is -2.18. The van der Waals surface area contributed by atoms with Crippen LogP contribution in [-0.4, -0.2) is 17.2 Å². The number of benzene rings is 2. The first-order valence-electron chi connectivity index (χ1n) is 7.59. The Labute approximate surface area is 130 Å². The van der Waals surface area contributed by atoms with Crippen molar-refractivity contribution in [2.45, 2.75) is 31.9 Å². The average molecular weight is 296 g/mol. The highest BCUT2D eigenvalue weighted by molar-refractivity contribution is 5.89. The van der Waals surface area contributed by atoms with Crippen LogP contribution in [0.3, 0.4) is 0 Å². The third-order valence-electron chi connectivity index (χ3n) is 4.11. The number of amides is 2. The second-order valence-corrected chi connectivity index (χ2v) is 5.60. The first-order chi connectivity index (χ1) is 10.7. The predicted octanol–water partition coefficient (Wildman–Crippen LogP) is 3.03. The van der Waals surface area contributed by atoms with E-state index < -0.39 is 6.10 Å². The van der Waals surface area contributed by atoms with E-state index >= 15 is 0 Å². The zero-order valence-electron chi connectivity index (χ0n) is 12.5. The quantitative estimate of drug-likeness (QED) is 0.815. The first-order valence-corrected chi connectivity index (χ1v) is 7.59. The van der Waals surface area contributed by atoms with Gasteiger partial charge >= 0.3 is 6.03 Å². The summed E-state index contributed by atoms with van der Waals surface area (Å²) in [6, 6.07) is 14.9. The lowest BCUT2D eigenvalue weighted by Crippen LogP contribution is -2.36. The van der Waals surface area contributed by atoms with Gasteiger partial charge in [-0.2, -0.15) is 0 Å². The average Bonchev–Trinajstić information content (AvgIpc) is 2.84. The van der Waals surface area contributed by atoms with E-state index in [2.05, 4.69) is 17.6 Å². The molecule has 2 atom stereocenters. The van der Waals surface area contributed by atoms with Gasteiger partial charge in [0.05, 0.1) is 12.1 Å². The van der Waals surface area contributed by atoms with Crippen molar-refractivity contribution in [2.24, 2.45) is 0 Å². The van der Waals surface area contributed by atoms with E-state index in [1.807, 2.05) is 48.5 Å². The Bertz CT molecular complexity index is 667. The number of anilines is 1. The van der Waals surface area contributed by atoms with E-state index in [9.17, 15) is 9.90 Å². The summed E-state index contributed by atoms with van der Waals surface area (Å²) in [6.07, 6.45) is 0.967. The van der Waals surface area contributed by atoms with E-state index in [1.165, 1.54) is 5.56 Å². The number of carbonyl (C=O) groups excluding carboxylic acids is 1. The van der Waals surface area contributed by atoms with Gasteiger partial charge in [-0.25, -0.2) is 4.79 Å². The molecule has 0 saturated heterocycles. The van der Waals surface area contributed by atoms with E-state index in [-0.39, 0.29) is 12.1 Å². The highest BCUT2D eigenvalue weighted by Gasteiger charge is 2.31. The van der Waals surface area contributed by atoms with Gasteiger partial charge in [0, 0.05) is 12.1 Å². The summed E-state index contributed by atoms with van der Waals surface area (Å²) in [5, 5.41) is 15.8. The number of carbonyl (C=O) groups is 1. The minimum atomic E-state index is -0.578.